The molecule has 1 heterocycles. The summed E-state index contributed by atoms with van der Waals surface area (Å²) in [5.41, 5.74) is 1.87. The van der Waals surface area contributed by atoms with E-state index in [0.29, 0.717) is 19.6 Å². The molecule has 0 unspecified atom stereocenters. The van der Waals surface area contributed by atoms with Crippen LogP contribution < -0.4 is 5.32 Å². The molecule has 0 spiro atoms. The second kappa shape index (κ2) is 6.66. The third-order valence-corrected chi connectivity index (χ3v) is 2.80. The molecule has 106 valence electrons. The average molecular weight is 263 g/mol. The molecular weight excluding hydrogens is 238 g/mol. The molecule has 1 rings (SSSR count). The Bertz CT molecular complexity index is 424. The summed E-state index contributed by atoms with van der Waals surface area (Å²) >= 11 is 0. The lowest BCUT2D eigenvalue weighted by molar-refractivity contribution is -0.131. The fourth-order valence-corrected chi connectivity index (χ4v) is 1.71. The number of hydrogen-bond donors (Lipinski definition) is 1. The Morgan fingerprint density at radius 2 is 2.05 bits per heavy atom. The topological polar surface area (TPSA) is 45.2 Å². The molecule has 4 heteroatoms. The fourth-order valence-electron chi connectivity index (χ4n) is 1.71. The molecule has 1 amide bonds. The van der Waals surface area contributed by atoms with Gasteiger partial charge in [0, 0.05) is 17.8 Å². The van der Waals surface area contributed by atoms with Crippen molar-refractivity contribution in [2.75, 3.05) is 13.1 Å². The predicted molar refractivity (Wildman–Crippen MR) is 77.8 cm³/mol. The minimum atomic E-state index is -0.0450. The molecule has 1 aromatic rings. The van der Waals surface area contributed by atoms with Gasteiger partial charge in [0.25, 0.3) is 0 Å². The first-order valence-corrected chi connectivity index (χ1v) is 6.77. The first-order valence-electron chi connectivity index (χ1n) is 6.77. The third-order valence-electron chi connectivity index (χ3n) is 2.80. The van der Waals surface area contributed by atoms with Crippen LogP contribution in [-0.4, -0.2) is 34.4 Å². The summed E-state index contributed by atoms with van der Waals surface area (Å²) in [4.78, 5) is 18.4. The molecule has 4 nitrogen and oxygen atoms in total. The lowest BCUT2D eigenvalue weighted by Crippen LogP contribution is -2.44. The molecule has 0 saturated carbocycles. The van der Waals surface area contributed by atoms with Crippen LogP contribution in [0.3, 0.4) is 0 Å². The summed E-state index contributed by atoms with van der Waals surface area (Å²) < 4.78 is 0. The summed E-state index contributed by atoms with van der Waals surface area (Å²) in [6.45, 7) is 11.7. The Morgan fingerprint density at radius 3 is 2.58 bits per heavy atom. The van der Waals surface area contributed by atoms with E-state index in [1.807, 2.05) is 36.9 Å². The van der Waals surface area contributed by atoms with Crippen LogP contribution in [-0.2, 0) is 11.3 Å². The number of aryl methyl sites for hydroxylation is 1. The van der Waals surface area contributed by atoms with Crippen LogP contribution in [0.15, 0.2) is 18.2 Å². The second-order valence-electron chi connectivity index (χ2n) is 5.78. The van der Waals surface area contributed by atoms with E-state index in [0.717, 1.165) is 11.4 Å². The predicted octanol–water partition coefficient (Wildman–Crippen LogP) is 2.13. The van der Waals surface area contributed by atoms with Crippen LogP contribution in [0.1, 0.15) is 39.1 Å². The van der Waals surface area contributed by atoms with Crippen LogP contribution in [0.2, 0.25) is 0 Å². The van der Waals surface area contributed by atoms with Gasteiger partial charge in [0.05, 0.1) is 18.8 Å². The van der Waals surface area contributed by atoms with Gasteiger partial charge in [-0.15, -0.1) is 0 Å². The van der Waals surface area contributed by atoms with Crippen molar-refractivity contribution >= 4 is 5.91 Å². The van der Waals surface area contributed by atoms with Gasteiger partial charge in [-0.3, -0.25) is 9.78 Å². The quantitative estimate of drug-likeness (QED) is 0.885. The molecule has 0 aromatic carbocycles. The summed E-state index contributed by atoms with van der Waals surface area (Å²) in [7, 11) is 0. The molecule has 0 bridgehead atoms. The summed E-state index contributed by atoms with van der Waals surface area (Å²) in [5.74, 6) is 0.112. The van der Waals surface area contributed by atoms with E-state index in [2.05, 4.69) is 31.1 Å². The van der Waals surface area contributed by atoms with Gasteiger partial charge in [-0.05, 0) is 46.8 Å². The summed E-state index contributed by atoms with van der Waals surface area (Å²) in [5, 5.41) is 3.22. The van der Waals surface area contributed by atoms with Gasteiger partial charge in [-0.25, -0.2) is 0 Å². The van der Waals surface area contributed by atoms with E-state index in [-0.39, 0.29) is 11.4 Å². The van der Waals surface area contributed by atoms with E-state index in [9.17, 15) is 4.79 Å². The maximum atomic E-state index is 12.1. The monoisotopic (exact) mass is 263 g/mol. The zero-order valence-electron chi connectivity index (χ0n) is 12.7. The first-order chi connectivity index (χ1) is 8.81. The smallest absolute Gasteiger partial charge is 0.236 e. The van der Waals surface area contributed by atoms with Crippen molar-refractivity contribution in [1.82, 2.24) is 15.2 Å². The van der Waals surface area contributed by atoms with Crippen molar-refractivity contribution in [3.8, 4) is 0 Å². The second-order valence-corrected chi connectivity index (χ2v) is 5.78. The van der Waals surface area contributed by atoms with Gasteiger partial charge in [0.1, 0.15) is 0 Å². The lowest BCUT2D eigenvalue weighted by atomic mass is 10.1. The van der Waals surface area contributed by atoms with Crippen molar-refractivity contribution < 1.29 is 4.79 Å². The van der Waals surface area contributed by atoms with Crippen molar-refractivity contribution in [1.29, 1.82) is 0 Å². The van der Waals surface area contributed by atoms with Crippen LogP contribution in [0, 0.1) is 6.92 Å². The molecule has 1 N–H and O–H groups in total. The lowest BCUT2D eigenvalue weighted by Gasteiger charge is -2.25. The molecule has 1 aromatic heterocycles. The minimum Gasteiger partial charge on any atom is -0.336 e. The number of rotatable bonds is 5. The van der Waals surface area contributed by atoms with E-state index in [1.54, 1.807) is 0 Å². The van der Waals surface area contributed by atoms with Crippen molar-refractivity contribution in [3.05, 3.63) is 29.6 Å². The maximum absolute atomic E-state index is 12.1. The molecular formula is C15H25N3O. The summed E-state index contributed by atoms with van der Waals surface area (Å²) in [6, 6.07) is 5.90. The largest absolute Gasteiger partial charge is 0.336 e. The Labute approximate surface area is 116 Å². The van der Waals surface area contributed by atoms with E-state index in [4.69, 9.17) is 0 Å². The number of aromatic nitrogens is 1. The molecule has 0 fully saturated rings. The van der Waals surface area contributed by atoms with E-state index >= 15 is 0 Å². The SMILES string of the molecule is CCN(Cc1cccc(C)n1)C(=O)CNC(C)(C)C. The van der Waals surface area contributed by atoms with Gasteiger partial charge in [0.2, 0.25) is 5.91 Å². The van der Waals surface area contributed by atoms with Gasteiger partial charge >= 0.3 is 0 Å². The van der Waals surface area contributed by atoms with Gasteiger partial charge in [0.15, 0.2) is 0 Å². The average Bonchev–Trinajstić information content (AvgIpc) is 2.32. The summed E-state index contributed by atoms with van der Waals surface area (Å²) in [6.07, 6.45) is 0. The zero-order valence-corrected chi connectivity index (χ0v) is 12.7. The molecule has 0 aliphatic carbocycles. The highest BCUT2D eigenvalue weighted by atomic mass is 16.2. The molecule has 19 heavy (non-hydrogen) atoms. The number of nitrogens with zero attached hydrogens (tertiary/aromatic N) is 2. The van der Waals surface area contributed by atoms with Crippen LogP contribution in [0.25, 0.3) is 0 Å². The normalized spacial score (nSPS) is 11.4. The number of hydrogen-bond acceptors (Lipinski definition) is 3. The van der Waals surface area contributed by atoms with E-state index in [1.165, 1.54) is 0 Å². The molecule has 0 saturated heterocycles. The molecule has 0 radical (unpaired) electrons. The van der Waals surface area contributed by atoms with Gasteiger partial charge < -0.3 is 10.2 Å². The zero-order chi connectivity index (χ0) is 14.5. The number of amides is 1. The first kappa shape index (κ1) is 15.6. The fraction of sp³-hybridized carbons (Fsp3) is 0.600. The Morgan fingerprint density at radius 1 is 1.37 bits per heavy atom. The molecule has 0 aliphatic heterocycles. The maximum Gasteiger partial charge on any atom is 0.236 e. The highest BCUT2D eigenvalue weighted by Gasteiger charge is 2.16. The van der Waals surface area contributed by atoms with Gasteiger partial charge in [-0.2, -0.15) is 0 Å². The van der Waals surface area contributed by atoms with Crippen molar-refractivity contribution in [3.63, 3.8) is 0 Å². The molecule has 0 atom stereocenters. The van der Waals surface area contributed by atoms with Gasteiger partial charge in [-0.1, -0.05) is 6.07 Å². The third kappa shape index (κ3) is 5.83. The van der Waals surface area contributed by atoms with Crippen molar-refractivity contribution in [2.45, 2.75) is 46.7 Å². The van der Waals surface area contributed by atoms with Crippen LogP contribution >= 0.6 is 0 Å². The highest BCUT2D eigenvalue weighted by Crippen LogP contribution is 2.04. The number of carbonyl (C=O) groups is 1. The Balaban J connectivity index is 2.60. The standard InChI is InChI=1S/C15H25N3O/c1-6-18(14(19)10-16-15(3,4)5)11-13-9-7-8-12(2)17-13/h7-9,16H,6,10-11H2,1-5H3. The minimum absolute atomic E-state index is 0.0450. The number of nitrogens with one attached hydrogen (secondary N) is 1. The highest BCUT2D eigenvalue weighted by molar-refractivity contribution is 5.78. The number of pyridine rings is 1. The number of likely N-dealkylation sites (N-methyl/N-ethyl adjacent to an activating group) is 1. The number of carbonyl (C=O) groups excluding carboxylic acids is 1. The Hall–Kier alpha value is -1.42. The van der Waals surface area contributed by atoms with E-state index < -0.39 is 0 Å². The Kier molecular flexibility index (Phi) is 5.48. The van der Waals surface area contributed by atoms with Crippen LogP contribution in [0.4, 0.5) is 0 Å². The van der Waals surface area contributed by atoms with Crippen LogP contribution in [0.5, 0.6) is 0 Å². The van der Waals surface area contributed by atoms with Crippen molar-refractivity contribution in [2.24, 2.45) is 0 Å². The molecule has 0 aliphatic rings.